The van der Waals surface area contributed by atoms with Gasteiger partial charge in [-0.1, -0.05) is 69.2 Å². The standard InChI is InChI=1S/C23H34O2/c1-17(2)15-20-11-8-14-23(5,6)21(20)13-12-18(3)9-7-10-19(4)16-22(24)25/h7,9-10,12-13,16-17H,8,11,14-15H2,1-6H3,(H,24,25)/b10-7+,13-12+,18-9-,19-16+. The van der Waals surface area contributed by atoms with Crippen LogP contribution in [-0.4, -0.2) is 11.1 Å². The highest BCUT2D eigenvalue weighted by Crippen LogP contribution is 2.42. The van der Waals surface area contributed by atoms with Gasteiger partial charge in [-0.15, -0.1) is 0 Å². The predicted molar refractivity (Wildman–Crippen MR) is 108 cm³/mol. The molecular weight excluding hydrogens is 308 g/mol. The van der Waals surface area contributed by atoms with Crippen LogP contribution in [0.15, 0.2) is 58.7 Å². The van der Waals surface area contributed by atoms with Crippen LogP contribution < -0.4 is 0 Å². The van der Waals surface area contributed by atoms with E-state index in [0.29, 0.717) is 5.92 Å². The monoisotopic (exact) mass is 342 g/mol. The maximum atomic E-state index is 10.6. The SMILES string of the molecule is CC(=C/C=C/C(C)=C/C(=O)O)/C=C/C1=C(CC(C)C)CCCC1(C)C. The van der Waals surface area contributed by atoms with E-state index in [1.807, 2.05) is 18.2 Å². The Morgan fingerprint density at radius 3 is 2.48 bits per heavy atom. The molecule has 0 spiro atoms. The van der Waals surface area contributed by atoms with Crippen molar-refractivity contribution >= 4 is 5.97 Å². The number of hydrogen-bond donors (Lipinski definition) is 1. The van der Waals surface area contributed by atoms with E-state index in [1.54, 1.807) is 12.5 Å². The minimum atomic E-state index is -0.910. The van der Waals surface area contributed by atoms with Gasteiger partial charge in [0.2, 0.25) is 0 Å². The molecule has 0 unspecified atom stereocenters. The fourth-order valence-corrected chi connectivity index (χ4v) is 3.40. The van der Waals surface area contributed by atoms with Crippen LogP contribution in [0, 0.1) is 11.3 Å². The van der Waals surface area contributed by atoms with Gasteiger partial charge in [0.05, 0.1) is 0 Å². The number of carboxylic acids is 1. The Morgan fingerprint density at radius 2 is 1.88 bits per heavy atom. The smallest absolute Gasteiger partial charge is 0.328 e. The molecule has 0 radical (unpaired) electrons. The van der Waals surface area contributed by atoms with E-state index in [4.69, 9.17) is 5.11 Å². The van der Waals surface area contributed by atoms with Crippen LogP contribution in [0.5, 0.6) is 0 Å². The molecule has 2 heteroatoms. The molecule has 0 amide bonds. The summed E-state index contributed by atoms with van der Waals surface area (Å²) < 4.78 is 0. The van der Waals surface area contributed by atoms with Crippen LogP contribution in [0.1, 0.15) is 67.2 Å². The lowest BCUT2D eigenvalue weighted by Gasteiger charge is -2.34. The molecular formula is C23H34O2. The van der Waals surface area contributed by atoms with Crippen molar-refractivity contribution in [2.45, 2.75) is 67.2 Å². The summed E-state index contributed by atoms with van der Waals surface area (Å²) in [6, 6.07) is 0. The third kappa shape index (κ3) is 7.72. The van der Waals surface area contributed by atoms with E-state index in [2.05, 4.69) is 46.8 Å². The maximum Gasteiger partial charge on any atom is 0.328 e. The van der Waals surface area contributed by atoms with Crippen LogP contribution in [0.4, 0.5) is 0 Å². The van der Waals surface area contributed by atoms with E-state index in [1.165, 1.54) is 37.3 Å². The van der Waals surface area contributed by atoms with Gasteiger partial charge in [-0.25, -0.2) is 4.79 Å². The Morgan fingerprint density at radius 1 is 1.20 bits per heavy atom. The van der Waals surface area contributed by atoms with Crippen LogP contribution in [-0.2, 0) is 4.79 Å². The zero-order valence-electron chi connectivity index (χ0n) is 16.7. The van der Waals surface area contributed by atoms with E-state index in [0.717, 1.165) is 11.1 Å². The Hall–Kier alpha value is -1.83. The molecule has 0 aliphatic heterocycles. The molecule has 0 fully saturated rings. The van der Waals surface area contributed by atoms with Gasteiger partial charge in [-0.3, -0.25) is 0 Å². The van der Waals surface area contributed by atoms with Gasteiger partial charge in [0, 0.05) is 6.08 Å². The molecule has 0 atom stereocenters. The highest BCUT2D eigenvalue weighted by molar-refractivity contribution is 5.81. The van der Waals surface area contributed by atoms with Crippen LogP contribution in [0.25, 0.3) is 0 Å². The molecule has 0 bridgehead atoms. The molecule has 0 heterocycles. The molecule has 1 aliphatic rings. The van der Waals surface area contributed by atoms with Crippen molar-refractivity contribution in [2.24, 2.45) is 11.3 Å². The number of hydrogen-bond acceptors (Lipinski definition) is 1. The Kier molecular flexibility index (Phi) is 8.15. The highest BCUT2D eigenvalue weighted by atomic mass is 16.4. The van der Waals surface area contributed by atoms with E-state index < -0.39 is 5.97 Å². The zero-order valence-corrected chi connectivity index (χ0v) is 16.7. The molecule has 0 aromatic carbocycles. The Labute approximate surface area is 153 Å². The predicted octanol–water partition coefficient (Wildman–Crippen LogP) is 6.63. The molecule has 0 aromatic heterocycles. The number of allylic oxidation sites excluding steroid dienone is 9. The number of aliphatic carboxylic acids is 1. The van der Waals surface area contributed by atoms with Crippen molar-refractivity contribution in [2.75, 3.05) is 0 Å². The highest BCUT2D eigenvalue weighted by Gasteiger charge is 2.28. The topological polar surface area (TPSA) is 37.3 Å². The van der Waals surface area contributed by atoms with Crippen LogP contribution >= 0.6 is 0 Å². The molecule has 0 saturated carbocycles. The lowest BCUT2D eigenvalue weighted by molar-refractivity contribution is -0.131. The summed E-state index contributed by atoms with van der Waals surface area (Å²) in [5.41, 5.74) is 5.26. The summed E-state index contributed by atoms with van der Waals surface area (Å²) in [4.78, 5) is 10.6. The van der Waals surface area contributed by atoms with E-state index in [-0.39, 0.29) is 5.41 Å². The Bertz CT molecular complexity index is 622. The minimum Gasteiger partial charge on any atom is -0.478 e. The van der Waals surface area contributed by atoms with Gasteiger partial charge in [0.25, 0.3) is 0 Å². The largest absolute Gasteiger partial charge is 0.478 e. The molecule has 2 nitrogen and oxygen atoms in total. The second-order valence-electron chi connectivity index (χ2n) is 8.18. The van der Waals surface area contributed by atoms with Crippen molar-refractivity contribution in [3.8, 4) is 0 Å². The third-order valence-corrected chi connectivity index (χ3v) is 4.63. The molecule has 1 aliphatic carbocycles. The van der Waals surface area contributed by atoms with Gasteiger partial charge in [-0.05, 0) is 62.0 Å². The molecule has 1 N–H and O–H groups in total. The fraction of sp³-hybridized carbons (Fsp3) is 0.522. The average molecular weight is 343 g/mol. The van der Waals surface area contributed by atoms with Crippen molar-refractivity contribution in [3.05, 3.63) is 58.7 Å². The van der Waals surface area contributed by atoms with Gasteiger partial charge in [0.15, 0.2) is 0 Å². The first kappa shape index (κ1) is 21.2. The first-order valence-corrected chi connectivity index (χ1v) is 9.28. The fourth-order valence-electron chi connectivity index (χ4n) is 3.40. The Balaban J connectivity index is 2.95. The second kappa shape index (κ2) is 9.60. The van der Waals surface area contributed by atoms with Gasteiger partial charge in [0.1, 0.15) is 0 Å². The quantitative estimate of drug-likeness (QED) is 0.416. The lowest BCUT2D eigenvalue weighted by atomic mass is 9.71. The molecule has 138 valence electrons. The van der Waals surface area contributed by atoms with Crippen molar-refractivity contribution in [1.82, 2.24) is 0 Å². The van der Waals surface area contributed by atoms with Gasteiger partial charge >= 0.3 is 5.97 Å². The van der Waals surface area contributed by atoms with Crippen molar-refractivity contribution < 1.29 is 9.90 Å². The van der Waals surface area contributed by atoms with Crippen molar-refractivity contribution in [1.29, 1.82) is 0 Å². The summed E-state index contributed by atoms with van der Waals surface area (Å²) in [5.74, 6) is -0.220. The summed E-state index contributed by atoms with van der Waals surface area (Å²) in [6.07, 6.45) is 16.4. The summed E-state index contributed by atoms with van der Waals surface area (Å²) in [7, 11) is 0. The van der Waals surface area contributed by atoms with Gasteiger partial charge in [-0.2, -0.15) is 0 Å². The first-order chi connectivity index (χ1) is 11.6. The van der Waals surface area contributed by atoms with E-state index in [9.17, 15) is 4.79 Å². The van der Waals surface area contributed by atoms with Crippen LogP contribution in [0.3, 0.4) is 0 Å². The lowest BCUT2D eigenvalue weighted by Crippen LogP contribution is -2.20. The summed E-state index contributed by atoms with van der Waals surface area (Å²) in [5, 5.41) is 8.72. The first-order valence-electron chi connectivity index (χ1n) is 9.28. The number of rotatable bonds is 7. The summed E-state index contributed by atoms with van der Waals surface area (Å²) in [6.45, 7) is 13.2. The van der Waals surface area contributed by atoms with Gasteiger partial charge < -0.3 is 5.11 Å². The number of carboxylic acid groups (broad SMARTS) is 1. The normalized spacial score (nSPS) is 19.5. The van der Waals surface area contributed by atoms with E-state index >= 15 is 0 Å². The summed E-state index contributed by atoms with van der Waals surface area (Å²) >= 11 is 0. The zero-order chi connectivity index (χ0) is 19.0. The molecule has 1 rings (SSSR count). The maximum absolute atomic E-state index is 10.6. The number of carbonyl (C=O) groups is 1. The minimum absolute atomic E-state index is 0.246. The molecule has 0 saturated heterocycles. The molecule has 0 aromatic rings. The molecule has 25 heavy (non-hydrogen) atoms. The van der Waals surface area contributed by atoms with Crippen LogP contribution in [0.2, 0.25) is 0 Å². The van der Waals surface area contributed by atoms with Crippen molar-refractivity contribution in [3.63, 3.8) is 0 Å². The average Bonchev–Trinajstić information content (AvgIpc) is 2.44. The third-order valence-electron chi connectivity index (χ3n) is 4.63. The second-order valence-corrected chi connectivity index (χ2v) is 8.18.